The summed E-state index contributed by atoms with van der Waals surface area (Å²) in [6.45, 7) is 6.89. The maximum absolute atomic E-state index is 10.9. The molecule has 0 saturated carbocycles. The highest BCUT2D eigenvalue weighted by atomic mass is 32.1. The molecule has 1 fully saturated rings. The Hall–Kier alpha value is -2.75. The van der Waals surface area contributed by atoms with Crippen molar-refractivity contribution in [2.24, 2.45) is 0 Å². The lowest BCUT2D eigenvalue weighted by Gasteiger charge is -2.36. The number of methoxy groups -OCH3 is 1. The smallest absolute Gasteiger partial charge is 0.142 e. The van der Waals surface area contributed by atoms with Crippen LogP contribution in [-0.4, -0.2) is 63.8 Å². The van der Waals surface area contributed by atoms with Gasteiger partial charge < -0.3 is 34.3 Å². The van der Waals surface area contributed by atoms with Crippen LogP contribution in [0.25, 0.3) is 0 Å². The van der Waals surface area contributed by atoms with Crippen LogP contribution in [0.2, 0.25) is 0 Å². The van der Waals surface area contributed by atoms with Gasteiger partial charge in [0.25, 0.3) is 0 Å². The van der Waals surface area contributed by atoms with Crippen LogP contribution < -0.4 is 19.7 Å². The number of anilines is 1. The average molecular weight is 551 g/mol. The van der Waals surface area contributed by atoms with Gasteiger partial charge in [0, 0.05) is 44.2 Å². The molecule has 0 aliphatic carbocycles. The number of piperidine rings is 1. The van der Waals surface area contributed by atoms with Crippen molar-refractivity contribution >= 4 is 18.3 Å². The van der Waals surface area contributed by atoms with Crippen LogP contribution in [-0.2, 0) is 16.1 Å². The van der Waals surface area contributed by atoms with Crippen molar-refractivity contribution in [1.29, 1.82) is 0 Å². The summed E-state index contributed by atoms with van der Waals surface area (Å²) < 4.78 is 23.6. The fourth-order valence-corrected chi connectivity index (χ4v) is 5.64. The van der Waals surface area contributed by atoms with Crippen LogP contribution in [0.5, 0.6) is 17.2 Å². The summed E-state index contributed by atoms with van der Waals surface area (Å²) in [5.41, 5.74) is 4.35. The van der Waals surface area contributed by atoms with E-state index in [0.29, 0.717) is 32.1 Å². The summed E-state index contributed by atoms with van der Waals surface area (Å²) in [6, 6.07) is 20.1. The molecule has 208 valence electrons. The molecule has 2 aliphatic rings. The lowest BCUT2D eigenvalue weighted by atomic mass is 9.85. The predicted molar refractivity (Wildman–Crippen MR) is 156 cm³/mol. The van der Waals surface area contributed by atoms with E-state index in [1.165, 1.54) is 0 Å². The summed E-state index contributed by atoms with van der Waals surface area (Å²) in [5, 5.41) is 14.2. The zero-order chi connectivity index (χ0) is 27.2. The van der Waals surface area contributed by atoms with E-state index < -0.39 is 6.10 Å². The summed E-state index contributed by atoms with van der Waals surface area (Å²) in [7, 11) is 1.73. The Labute approximate surface area is 236 Å². The molecule has 3 atom stereocenters. The van der Waals surface area contributed by atoms with Gasteiger partial charge in [0.2, 0.25) is 0 Å². The Balaban J connectivity index is 1.26. The van der Waals surface area contributed by atoms with Crippen LogP contribution in [0.4, 0.5) is 5.69 Å². The van der Waals surface area contributed by atoms with E-state index in [1.54, 1.807) is 7.11 Å². The minimum Gasteiger partial charge on any atom is -0.490 e. The lowest BCUT2D eigenvalue weighted by Crippen LogP contribution is -2.49. The van der Waals surface area contributed by atoms with E-state index in [1.807, 2.05) is 55.5 Å². The molecule has 0 bridgehead atoms. The minimum absolute atomic E-state index is 0.147. The Bertz CT molecular complexity index is 1240. The molecule has 2 aliphatic heterocycles. The van der Waals surface area contributed by atoms with Crippen LogP contribution >= 0.6 is 12.6 Å². The van der Waals surface area contributed by atoms with Gasteiger partial charge in [-0.25, -0.2) is 0 Å². The van der Waals surface area contributed by atoms with E-state index in [-0.39, 0.29) is 12.0 Å². The number of nitrogens with zero attached hydrogens (tertiary/aromatic N) is 1. The molecule has 2 N–H and O–H groups in total. The Morgan fingerprint density at radius 3 is 2.72 bits per heavy atom. The zero-order valence-electron chi connectivity index (χ0n) is 22.6. The van der Waals surface area contributed by atoms with Gasteiger partial charge in [-0.3, -0.25) is 0 Å². The van der Waals surface area contributed by atoms with Crippen molar-refractivity contribution in [2.75, 3.05) is 51.4 Å². The van der Waals surface area contributed by atoms with E-state index >= 15 is 0 Å². The quantitative estimate of drug-likeness (QED) is 0.244. The van der Waals surface area contributed by atoms with Crippen LogP contribution in [0.15, 0.2) is 65.6 Å². The molecule has 3 aromatic rings. The van der Waals surface area contributed by atoms with Crippen molar-refractivity contribution in [3.63, 3.8) is 0 Å². The van der Waals surface area contributed by atoms with E-state index in [2.05, 4.69) is 35.0 Å². The first kappa shape index (κ1) is 27.8. The molecule has 0 spiro atoms. The van der Waals surface area contributed by atoms with Gasteiger partial charge in [-0.1, -0.05) is 24.3 Å². The molecule has 0 aromatic heterocycles. The third-order valence-electron chi connectivity index (χ3n) is 7.34. The number of β-amino-alcohol motifs (C(OH)–C–C–N with tert-alkyl or cyclic N) is 1. The monoisotopic (exact) mass is 550 g/mol. The van der Waals surface area contributed by atoms with Crippen LogP contribution in [0.3, 0.4) is 0 Å². The summed E-state index contributed by atoms with van der Waals surface area (Å²) in [5.74, 6) is 2.21. The number of thiol groups is 1. The van der Waals surface area contributed by atoms with Gasteiger partial charge in [-0.05, 0) is 66.4 Å². The number of aryl methyl sites for hydroxylation is 1. The normalized spacial score (nSPS) is 20.8. The van der Waals surface area contributed by atoms with Crippen molar-refractivity contribution in [2.45, 2.75) is 43.0 Å². The molecule has 5 rings (SSSR count). The molecular weight excluding hydrogens is 512 g/mol. The van der Waals surface area contributed by atoms with Crippen LogP contribution in [0.1, 0.15) is 29.0 Å². The second kappa shape index (κ2) is 13.1. The third kappa shape index (κ3) is 6.88. The first-order chi connectivity index (χ1) is 19.0. The van der Waals surface area contributed by atoms with E-state index in [0.717, 1.165) is 64.9 Å². The molecule has 0 amide bonds. The van der Waals surface area contributed by atoms with E-state index in [4.69, 9.17) is 18.9 Å². The predicted octanol–water partition coefficient (Wildman–Crippen LogP) is 4.94. The standard InChI is InChI=1S/C31H38N2O5S/c1-21-4-10-28(30(39)16-21)38-24-8-6-23(7-9-24)31-26(34)18-32-19-29(31)37-20-22-5-11-27-25(17-22)33(13-15-36-27)12-3-14-35-2/h4-11,16-17,26,29,31-32,34,39H,3,12-15,18-20H2,1-2H3. The topological polar surface area (TPSA) is 72.4 Å². The van der Waals surface area contributed by atoms with Gasteiger partial charge in [-0.15, -0.1) is 12.6 Å². The maximum Gasteiger partial charge on any atom is 0.142 e. The largest absolute Gasteiger partial charge is 0.490 e. The number of fused-ring (bicyclic) bond motifs is 1. The van der Waals surface area contributed by atoms with E-state index in [9.17, 15) is 5.11 Å². The number of ether oxygens (including phenoxy) is 4. The maximum atomic E-state index is 10.9. The average Bonchev–Trinajstić information content (AvgIpc) is 2.94. The number of nitrogens with one attached hydrogen (secondary N) is 1. The lowest BCUT2D eigenvalue weighted by molar-refractivity contribution is -0.0328. The first-order valence-corrected chi connectivity index (χ1v) is 14.0. The van der Waals surface area contributed by atoms with Crippen molar-refractivity contribution in [1.82, 2.24) is 5.32 Å². The fourth-order valence-electron chi connectivity index (χ4n) is 5.32. The van der Waals surface area contributed by atoms with Gasteiger partial charge in [-0.2, -0.15) is 0 Å². The first-order valence-electron chi connectivity index (χ1n) is 13.6. The molecule has 2 heterocycles. The Morgan fingerprint density at radius 2 is 1.92 bits per heavy atom. The summed E-state index contributed by atoms with van der Waals surface area (Å²) in [4.78, 5) is 3.15. The van der Waals surface area contributed by atoms with Crippen molar-refractivity contribution < 1.29 is 24.1 Å². The zero-order valence-corrected chi connectivity index (χ0v) is 23.5. The molecular formula is C31H38N2O5S. The number of aliphatic hydroxyl groups excluding tert-OH is 1. The van der Waals surface area contributed by atoms with Gasteiger partial charge in [0.05, 0.1) is 31.0 Å². The third-order valence-corrected chi connectivity index (χ3v) is 7.69. The second-order valence-electron chi connectivity index (χ2n) is 10.2. The summed E-state index contributed by atoms with van der Waals surface area (Å²) >= 11 is 4.53. The molecule has 1 saturated heterocycles. The second-order valence-corrected chi connectivity index (χ2v) is 10.7. The number of benzene rings is 3. The highest BCUT2D eigenvalue weighted by molar-refractivity contribution is 7.80. The molecule has 3 aromatic carbocycles. The highest BCUT2D eigenvalue weighted by Gasteiger charge is 2.34. The Kier molecular flexibility index (Phi) is 9.32. The molecule has 3 unspecified atom stereocenters. The molecule has 7 nitrogen and oxygen atoms in total. The van der Waals surface area contributed by atoms with Gasteiger partial charge in [0.1, 0.15) is 23.9 Å². The minimum atomic E-state index is -0.551. The highest BCUT2D eigenvalue weighted by Crippen LogP contribution is 2.35. The SMILES string of the molecule is COCCCN1CCOc2ccc(COC3CNCC(O)C3c3ccc(Oc4ccc(C)cc4S)cc3)cc21. The summed E-state index contributed by atoms with van der Waals surface area (Å²) in [6.07, 6.45) is 0.242. The van der Waals surface area contributed by atoms with Gasteiger partial charge in [0.15, 0.2) is 0 Å². The van der Waals surface area contributed by atoms with Crippen LogP contribution in [0, 0.1) is 6.92 Å². The number of hydrogen-bond acceptors (Lipinski definition) is 8. The molecule has 8 heteroatoms. The fraction of sp³-hybridized carbons (Fsp3) is 0.419. The molecule has 39 heavy (non-hydrogen) atoms. The number of hydrogen-bond donors (Lipinski definition) is 3. The van der Waals surface area contributed by atoms with Crippen molar-refractivity contribution in [3.8, 4) is 17.2 Å². The van der Waals surface area contributed by atoms with Gasteiger partial charge >= 0.3 is 0 Å². The number of rotatable bonds is 10. The van der Waals surface area contributed by atoms with Crippen molar-refractivity contribution in [3.05, 3.63) is 77.4 Å². The molecule has 0 radical (unpaired) electrons. The number of aliphatic hydroxyl groups is 1. The Morgan fingerprint density at radius 1 is 1.08 bits per heavy atom.